The van der Waals surface area contributed by atoms with Gasteiger partial charge in [-0.05, 0) is 23.1 Å². The van der Waals surface area contributed by atoms with Gasteiger partial charge in [0.05, 0.1) is 13.2 Å². The first kappa shape index (κ1) is 15.7. The lowest BCUT2D eigenvalue weighted by atomic mass is 10.0. The summed E-state index contributed by atoms with van der Waals surface area (Å²) in [5.74, 6) is 0.0191. The average Bonchev–Trinajstić information content (AvgIpc) is 2.64. The quantitative estimate of drug-likeness (QED) is 0.888. The van der Waals surface area contributed by atoms with E-state index >= 15 is 0 Å². The first-order valence-electron chi connectivity index (χ1n) is 8.06. The molecular formula is C19H22N2O2. The molecule has 2 aromatic carbocycles. The fourth-order valence-electron chi connectivity index (χ4n) is 2.68. The van der Waals surface area contributed by atoms with Crippen LogP contribution in [0.2, 0.25) is 0 Å². The van der Waals surface area contributed by atoms with Gasteiger partial charge in [0.25, 0.3) is 0 Å². The summed E-state index contributed by atoms with van der Waals surface area (Å²) >= 11 is 0. The Hall–Kier alpha value is -2.17. The topological polar surface area (TPSA) is 50.4 Å². The van der Waals surface area contributed by atoms with Crippen molar-refractivity contribution in [3.63, 3.8) is 0 Å². The van der Waals surface area contributed by atoms with Gasteiger partial charge in [-0.15, -0.1) is 0 Å². The highest BCUT2D eigenvalue weighted by molar-refractivity contribution is 5.82. The van der Waals surface area contributed by atoms with Gasteiger partial charge in [-0.1, -0.05) is 54.6 Å². The Bertz CT molecular complexity index is 620. The number of morpholine rings is 1. The Balaban J connectivity index is 1.48. The second-order valence-electron chi connectivity index (χ2n) is 5.69. The van der Waals surface area contributed by atoms with E-state index in [1.54, 1.807) is 0 Å². The SMILES string of the molecule is O=C(NCCc1ccc(-c2ccccc2)cc1)C1COCCN1. The molecule has 0 aromatic heterocycles. The molecule has 0 aliphatic carbocycles. The number of carbonyl (C=O) groups excluding carboxylic acids is 1. The van der Waals surface area contributed by atoms with Gasteiger partial charge in [-0.25, -0.2) is 0 Å². The van der Waals surface area contributed by atoms with Crippen LogP contribution in [0.5, 0.6) is 0 Å². The van der Waals surface area contributed by atoms with Gasteiger partial charge >= 0.3 is 0 Å². The van der Waals surface area contributed by atoms with Crippen molar-refractivity contribution in [2.75, 3.05) is 26.3 Å². The molecule has 1 unspecified atom stereocenters. The van der Waals surface area contributed by atoms with Gasteiger partial charge in [-0.3, -0.25) is 4.79 Å². The minimum Gasteiger partial charge on any atom is -0.378 e. The lowest BCUT2D eigenvalue weighted by Gasteiger charge is -2.22. The molecule has 1 amide bonds. The molecule has 0 spiro atoms. The zero-order chi connectivity index (χ0) is 15.9. The summed E-state index contributed by atoms with van der Waals surface area (Å²) in [6.45, 7) is 2.51. The van der Waals surface area contributed by atoms with Gasteiger partial charge in [0, 0.05) is 13.1 Å². The van der Waals surface area contributed by atoms with Crippen LogP contribution in [0, 0.1) is 0 Å². The second-order valence-corrected chi connectivity index (χ2v) is 5.69. The van der Waals surface area contributed by atoms with E-state index in [4.69, 9.17) is 4.74 Å². The Morgan fingerprint density at radius 3 is 2.52 bits per heavy atom. The minimum absolute atomic E-state index is 0.0191. The summed E-state index contributed by atoms with van der Waals surface area (Å²) in [5, 5.41) is 6.12. The van der Waals surface area contributed by atoms with E-state index in [1.165, 1.54) is 16.7 Å². The fraction of sp³-hybridized carbons (Fsp3) is 0.316. The monoisotopic (exact) mass is 310 g/mol. The maximum Gasteiger partial charge on any atom is 0.239 e. The Morgan fingerprint density at radius 2 is 1.83 bits per heavy atom. The van der Waals surface area contributed by atoms with E-state index in [0.717, 1.165) is 13.0 Å². The molecule has 0 saturated carbocycles. The fourth-order valence-corrected chi connectivity index (χ4v) is 2.68. The highest BCUT2D eigenvalue weighted by Crippen LogP contribution is 2.19. The number of benzene rings is 2. The van der Waals surface area contributed by atoms with Crippen LogP contribution in [0.15, 0.2) is 54.6 Å². The van der Waals surface area contributed by atoms with Crippen LogP contribution in [-0.2, 0) is 16.0 Å². The zero-order valence-electron chi connectivity index (χ0n) is 13.1. The summed E-state index contributed by atoms with van der Waals surface area (Å²) < 4.78 is 5.30. The standard InChI is InChI=1S/C19H22N2O2/c22-19(18-14-23-13-12-20-18)21-11-10-15-6-8-17(9-7-15)16-4-2-1-3-5-16/h1-9,18,20H,10-14H2,(H,21,22). The van der Waals surface area contributed by atoms with E-state index in [0.29, 0.717) is 19.8 Å². The molecule has 1 fully saturated rings. The van der Waals surface area contributed by atoms with E-state index in [-0.39, 0.29) is 11.9 Å². The highest BCUT2D eigenvalue weighted by Gasteiger charge is 2.20. The summed E-state index contributed by atoms with van der Waals surface area (Å²) in [6, 6.07) is 18.6. The summed E-state index contributed by atoms with van der Waals surface area (Å²) in [4.78, 5) is 12.0. The molecule has 0 bridgehead atoms. The van der Waals surface area contributed by atoms with Crippen LogP contribution in [0.4, 0.5) is 0 Å². The van der Waals surface area contributed by atoms with Crippen molar-refractivity contribution in [2.45, 2.75) is 12.5 Å². The predicted octanol–water partition coefficient (Wildman–Crippen LogP) is 2.00. The van der Waals surface area contributed by atoms with Crippen molar-refractivity contribution < 1.29 is 9.53 Å². The van der Waals surface area contributed by atoms with Crippen molar-refractivity contribution in [2.24, 2.45) is 0 Å². The molecular weight excluding hydrogens is 288 g/mol. The molecule has 2 N–H and O–H groups in total. The summed E-state index contributed by atoms with van der Waals surface area (Å²) in [7, 11) is 0. The van der Waals surface area contributed by atoms with Crippen LogP contribution in [-0.4, -0.2) is 38.3 Å². The normalized spacial score (nSPS) is 17.7. The third kappa shape index (κ3) is 4.41. The van der Waals surface area contributed by atoms with Crippen LogP contribution in [0.1, 0.15) is 5.56 Å². The van der Waals surface area contributed by atoms with Gasteiger partial charge in [0.2, 0.25) is 5.91 Å². The van der Waals surface area contributed by atoms with Crippen LogP contribution < -0.4 is 10.6 Å². The highest BCUT2D eigenvalue weighted by atomic mass is 16.5. The first-order chi connectivity index (χ1) is 11.3. The molecule has 4 nitrogen and oxygen atoms in total. The lowest BCUT2D eigenvalue weighted by molar-refractivity contribution is -0.125. The maximum absolute atomic E-state index is 12.0. The van der Waals surface area contributed by atoms with Gasteiger partial charge in [0.1, 0.15) is 6.04 Å². The second kappa shape index (κ2) is 7.90. The molecule has 1 atom stereocenters. The zero-order valence-corrected chi connectivity index (χ0v) is 13.1. The molecule has 120 valence electrons. The first-order valence-corrected chi connectivity index (χ1v) is 8.06. The number of nitrogens with one attached hydrogen (secondary N) is 2. The Labute approximate surface area is 136 Å². The van der Waals surface area contributed by atoms with Crippen molar-refractivity contribution >= 4 is 5.91 Å². The van der Waals surface area contributed by atoms with Crippen LogP contribution in [0.3, 0.4) is 0 Å². The minimum atomic E-state index is -0.218. The molecule has 3 rings (SSSR count). The molecule has 23 heavy (non-hydrogen) atoms. The molecule has 4 heteroatoms. The van der Waals surface area contributed by atoms with Crippen molar-refractivity contribution in [3.8, 4) is 11.1 Å². The van der Waals surface area contributed by atoms with E-state index in [2.05, 4.69) is 47.0 Å². The van der Waals surface area contributed by atoms with Crippen molar-refractivity contribution in [1.82, 2.24) is 10.6 Å². The largest absolute Gasteiger partial charge is 0.378 e. The van der Waals surface area contributed by atoms with E-state index < -0.39 is 0 Å². The Morgan fingerprint density at radius 1 is 1.09 bits per heavy atom. The molecule has 0 radical (unpaired) electrons. The predicted molar refractivity (Wildman–Crippen MR) is 91.2 cm³/mol. The van der Waals surface area contributed by atoms with Gasteiger partial charge < -0.3 is 15.4 Å². The third-order valence-electron chi connectivity index (χ3n) is 4.01. The molecule has 1 aliphatic rings. The lowest BCUT2D eigenvalue weighted by Crippen LogP contribution is -2.51. The summed E-state index contributed by atoms with van der Waals surface area (Å²) in [5.41, 5.74) is 3.65. The van der Waals surface area contributed by atoms with Crippen LogP contribution >= 0.6 is 0 Å². The van der Waals surface area contributed by atoms with Crippen molar-refractivity contribution in [1.29, 1.82) is 0 Å². The molecule has 2 aromatic rings. The number of amides is 1. The molecule has 1 saturated heterocycles. The number of hydrogen-bond donors (Lipinski definition) is 2. The summed E-state index contributed by atoms with van der Waals surface area (Å²) in [6.07, 6.45) is 0.828. The molecule has 1 aliphatic heterocycles. The van der Waals surface area contributed by atoms with Crippen LogP contribution in [0.25, 0.3) is 11.1 Å². The van der Waals surface area contributed by atoms with Crippen molar-refractivity contribution in [3.05, 3.63) is 60.2 Å². The van der Waals surface area contributed by atoms with Gasteiger partial charge in [-0.2, -0.15) is 0 Å². The number of ether oxygens (including phenoxy) is 1. The number of carbonyl (C=O) groups is 1. The van der Waals surface area contributed by atoms with E-state index in [9.17, 15) is 4.79 Å². The Kier molecular flexibility index (Phi) is 5.40. The third-order valence-corrected chi connectivity index (χ3v) is 4.01. The smallest absolute Gasteiger partial charge is 0.239 e. The van der Waals surface area contributed by atoms with E-state index in [1.807, 2.05) is 18.2 Å². The number of hydrogen-bond acceptors (Lipinski definition) is 3. The van der Waals surface area contributed by atoms with Gasteiger partial charge in [0.15, 0.2) is 0 Å². The maximum atomic E-state index is 12.0. The molecule has 1 heterocycles. The average molecular weight is 310 g/mol. The number of rotatable bonds is 5.